The van der Waals surface area contributed by atoms with E-state index < -0.39 is 0 Å². The van der Waals surface area contributed by atoms with E-state index in [-0.39, 0.29) is 6.03 Å². The lowest BCUT2D eigenvalue weighted by atomic mass is 10.3. The van der Waals surface area contributed by atoms with Gasteiger partial charge in [0.2, 0.25) is 0 Å². The fourth-order valence-electron chi connectivity index (χ4n) is 1.69. The second kappa shape index (κ2) is 4.28. The summed E-state index contributed by atoms with van der Waals surface area (Å²) in [5, 5.41) is 9.14. The topological polar surface area (TPSA) is 53.2 Å². The van der Waals surface area contributed by atoms with Crippen molar-refractivity contribution >= 4 is 17.4 Å². The summed E-state index contributed by atoms with van der Waals surface area (Å²) >= 11 is 0. The zero-order chi connectivity index (χ0) is 11.7. The smallest absolute Gasteiger partial charge is 0.319 e. The fraction of sp³-hybridized carbons (Fsp3) is 0.462. The van der Waals surface area contributed by atoms with Gasteiger partial charge in [0.15, 0.2) is 0 Å². The maximum atomic E-state index is 11.5. The Kier molecular flexibility index (Phi) is 2.63. The van der Waals surface area contributed by atoms with Crippen molar-refractivity contribution in [3.8, 4) is 0 Å². The predicted molar refractivity (Wildman–Crippen MR) is 68.3 cm³/mol. The summed E-state index contributed by atoms with van der Waals surface area (Å²) in [7, 11) is 0. The van der Waals surface area contributed by atoms with E-state index in [0.717, 1.165) is 24.2 Å². The van der Waals surface area contributed by atoms with Gasteiger partial charge in [0.05, 0.1) is 0 Å². The van der Waals surface area contributed by atoms with E-state index in [1.54, 1.807) is 0 Å². The lowest BCUT2D eigenvalue weighted by Gasteiger charge is -2.08. The van der Waals surface area contributed by atoms with Crippen molar-refractivity contribution in [2.24, 2.45) is 0 Å². The van der Waals surface area contributed by atoms with Crippen LogP contribution in [0, 0.1) is 0 Å². The molecule has 0 heterocycles. The average molecular weight is 231 g/mol. The monoisotopic (exact) mass is 231 g/mol. The van der Waals surface area contributed by atoms with E-state index in [0.29, 0.717) is 12.1 Å². The minimum absolute atomic E-state index is 0.101. The number of nitrogens with one attached hydrogen (secondary N) is 3. The lowest BCUT2D eigenvalue weighted by Crippen LogP contribution is -2.30. The summed E-state index contributed by atoms with van der Waals surface area (Å²) in [4.78, 5) is 11.5. The molecule has 0 aliphatic heterocycles. The summed E-state index contributed by atoms with van der Waals surface area (Å²) in [5.41, 5.74) is 1.96. The Labute approximate surface area is 101 Å². The number of benzene rings is 1. The van der Waals surface area contributed by atoms with E-state index in [9.17, 15) is 4.79 Å². The largest absolute Gasteiger partial charge is 0.382 e. The molecule has 0 atom stereocenters. The van der Waals surface area contributed by atoms with Gasteiger partial charge in [0, 0.05) is 23.5 Å². The quantitative estimate of drug-likeness (QED) is 0.746. The van der Waals surface area contributed by atoms with E-state index in [4.69, 9.17) is 0 Å². The van der Waals surface area contributed by atoms with E-state index >= 15 is 0 Å². The highest BCUT2D eigenvalue weighted by atomic mass is 16.2. The minimum Gasteiger partial charge on any atom is -0.382 e. The lowest BCUT2D eigenvalue weighted by molar-refractivity contribution is 0.251. The van der Waals surface area contributed by atoms with E-state index in [1.165, 1.54) is 12.8 Å². The van der Waals surface area contributed by atoms with Gasteiger partial charge in [-0.25, -0.2) is 4.79 Å². The van der Waals surface area contributed by atoms with Gasteiger partial charge < -0.3 is 16.0 Å². The number of rotatable bonds is 4. The molecule has 2 amide bonds. The Bertz CT molecular complexity index is 407. The maximum Gasteiger partial charge on any atom is 0.319 e. The van der Waals surface area contributed by atoms with Crippen molar-refractivity contribution in [1.29, 1.82) is 0 Å². The molecular weight excluding hydrogens is 214 g/mol. The van der Waals surface area contributed by atoms with Gasteiger partial charge in [0.25, 0.3) is 0 Å². The number of amides is 2. The number of carbonyl (C=O) groups excluding carboxylic acids is 1. The van der Waals surface area contributed by atoms with Gasteiger partial charge in [-0.2, -0.15) is 0 Å². The molecule has 0 radical (unpaired) electrons. The van der Waals surface area contributed by atoms with Gasteiger partial charge in [-0.3, -0.25) is 0 Å². The average Bonchev–Trinajstić information content (AvgIpc) is 3.17. The molecule has 2 aliphatic rings. The van der Waals surface area contributed by atoms with Crippen LogP contribution in [0.5, 0.6) is 0 Å². The van der Waals surface area contributed by atoms with Crippen molar-refractivity contribution in [2.45, 2.75) is 37.8 Å². The highest BCUT2D eigenvalue weighted by Gasteiger charge is 2.23. The van der Waals surface area contributed by atoms with Gasteiger partial charge in [-0.15, -0.1) is 0 Å². The molecule has 17 heavy (non-hydrogen) atoms. The summed E-state index contributed by atoms with van der Waals surface area (Å²) < 4.78 is 0. The molecule has 1 aromatic carbocycles. The predicted octanol–water partition coefficient (Wildman–Crippen LogP) is 2.54. The van der Waals surface area contributed by atoms with Crippen molar-refractivity contribution in [2.75, 3.05) is 10.6 Å². The molecule has 3 rings (SSSR count). The number of anilines is 2. The molecule has 90 valence electrons. The van der Waals surface area contributed by atoms with Crippen LogP contribution in [-0.2, 0) is 0 Å². The van der Waals surface area contributed by atoms with Gasteiger partial charge in [-0.05, 0) is 49.9 Å². The van der Waals surface area contributed by atoms with Crippen molar-refractivity contribution in [3.05, 3.63) is 24.3 Å². The summed E-state index contributed by atoms with van der Waals surface area (Å²) in [6.07, 6.45) is 4.75. The Morgan fingerprint density at radius 3 is 2.12 bits per heavy atom. The number of hydrogen-bond donors (Lipinski definition) is 3. The standard InChI is InChI=1S/C13H17N3O/c17-13(16-12-7-8-12)15-11-5-3-10(4-6-11)14-9-1-2-9/h3-6,9,12,14H,1-2,7-8H2,(H2,15,16,17). The van der Waals surface area contributed by atoms with Gasteiger partial charge >= 0.3 is 6.03 Å². The van der Waals surface area contributed by atoms with Crippen LogP contribution in [0.25, 0.3) is 0 Å². The van der Waals surface area contributed by atoms with Crippen molar-refractivity contribution in [1.82, 2.24) is 5.32 Å². The molecule has 3 N–H and O–H groups in total. The number of urea groups is 1. The fourth-order valence-corrected chi connectivity index (χ4v) is 1.69. The van der Waals surface area contributed by atoms with Crippen LogP contribution in [0.2, 0.25) is 0 Å². The number of carbonyl (C=O) groups is 1. The van der Waals surface area contributed by atoms with E-state index in [2.05, 4.69) is 16.0 Å². The third-order valence-corrected chi connectivity index (χ3v) is 3.00. The van der Waals surface area contributed by atoms with Crippen LogP contribution in [0.3, 0.4) is 0 Å². The zero-order valence-electron chi connectivity index (χ0n) is 9.70. The first-order chi connectivity index (χ1) is 8.29. The molecule has 2 aliphatic carbocycles. The highest BCUT2D eigenvalue weighted by Crippen LogP contribution is 2.25. The molecular formula is C13H17N3O. The van der Waals surface area contributed by atoms with Crippen LogP contribution in [-0.4, -0.2) is 18.1 Å². The summed E-state index contributed by atoms with van der Waals surface area (Å²) in [6, 6.07) is 8.82. The first-order valence-electron chi connectivity index (χ1n) is 6.24. The minimum atomic E-state index is -0.101. The second-order valence-corrected chi connectivity index (χ2v) is 4.87. The molecule has 0 spiro atoms. The molecule has 4 nitrogen and oxygen atoms in total. The second-order valence-electron chi connectivity index (χ2n) is 4.87. The molecule has 0 aromatic heterocycles. The summed E-state index contributed by atoms with van der Waals surface area (Å²) in [6.45, 7) is 0. The van der Waals surface area contributed by atoms with Gasteiger partial charge in [0.1, 0.15) is 0 Å². The molecule has 0 unspecified atom stereocenters. The Morgan fingerprint density at radius 2 is 1.53 bits per heavy atom. The summed E-state index contributed by atoms with van der Waals surface area (Å²) in [5.74, 6) is 0. The maximum absolute atomic E-state index is 11.5. The third kappa shape index (κ3) is 3.12. The molecule has 0 bridgehead atoms. The van der Waals surface area contributed by atoms with Crippen LogP contribution in [0.1, 0.15) is 25.7 Å². The van der Waals surface area contributed by atoms with Crippen LogP contribution in [0.15, 0.2) is 24.3 Å². The third-order valence-electron chi connectivity index (χ3n) is 3.00. The Balaban J connectivity index is 1.53. The zero-order valence-corrected chi connectivity index (χ0v) is 9.70. The van der Waals surface area contributed by atoms with Crippen LogP contribution in [0.4, 0.5) is 16.2 Å². The SMILES string of the molecule is O=C(Nc1ccc(NC2CC2)cc1)NC1CC1. The van der Waals surface area contributed by atoms with Crippen molar-refractivity contribution < 1.29 is 4.79 Å². The molecule has 2 fully saturated rings. The first-order valence-corrected chi connectivity index (χ1v) is 6.24. The van der Waals surface area contributed by atoms with Crippen molar-refractivity contribution in [3.63, 3.8) is 0 Å². The van der Waals surface area contributed by atoms with Crippen LogP contribution >= 0.6 is 0 Å². The molecule has 2 saturated carbocycles. The Hall–Kier alpha value is -1.71. The number of hydrogen-bond acceptors (Lipinski definition) is 2. The van der Waals surface area contributed by atoms with E-state index in [1.807, 2.05) is 24.3 Å². The molecule has 4 heteroatoms. The molecule has 1 aromatic rings. The van der Waals surface area contributed by atoms with Crippen LogP contribution < -0.4 is 16.0 Å². The van der Waals surface area contributed by atoms with Gasteiger partial charge in [-0.1, -0.05) is 0 Å². The first kappa shape index (κ1) is 10.4. The molecule has 0 saturated heterocycles. The normalized spacial score (nSPS) is 18.6. The Morgan fingerprint density at radius 1 is 0.941 bits per heavy atom. The highest BCUT2D eigenvalue weighted by molar-refractivity contribution is 5.89.